The number of hydrogen-bond donors (Lipinski definition) is 1. The topological polar surface area (TPSA) is 68.0 Å². The summed E-state index contributed by atoms with van der Waals surface area (Å²) in [6.07, 6.45) is 3.68. The molecular formula is C12H14ClN3O2. The van der Waals surface area contributed by atoms with Crippen molar-refractivity contribution in [2.45, 2.75) is 32.7 Å². The van der Waals surface area contributed by atoms with E-state index in [0.29, 0.717) is 23.0 Å². The Morgan fingerprint density at radius 2 is 2.17 bits per heavy atom. The van der Waals surface area contributed by atoms with Crippen LogP contribution in [0.15, 0.2) is 6.20 Å². The Balaban J connectivity index is 2.83. The molecule has 18 heavy (non-hydrogen) atoms. The van der Waals surface area contributed by atoms with Crippen LogP contribution in [0, 0.1) is 0 Å². The van der Waals surface area contributed by atoms with Gasteiger partial charge < -0.3 is 5.11 Å². The number of nitrogens with zero attached hydrogens (tertiary/aromatic N) is 3. The van der Waals surface area contributed by atoms with Crippen LogP contribution in [0.5, 0.6) is 6.01 Å². The lowest BCUT2D eigenvalue weighted by molar-refractivity contribution is 0.112. The molecule has 0 radical (unpaired) electrons. The minimum atomic E-state index is -0.128. The van der Waals surface area contributed by atoms with Gasteiger partial charge in [-0.25, -0.2) is 4.98 Å². The molecule has 0 saturated heterocycles. The fraction of sp³-hybridized carbons (Fsp3) is 0.417. The average molecular weight is 268 g/mol. The minimum Gasteiger partial charge on any atom is -0.480 e. The number of hydrogen-bond acceptors (Lipinski definition) is 4. The first-order chi connectivity index (χ1) is 8.63. The second-order valence-electron chi connectivity index (χ2n) is 4.06. The van der Waals surface area contributed by atoms with Gasteiger partial charge in [-0.05, 0) is 12.8 Å². The first kappa shape index (κ1) is 12.8. The second kappa shape index (κ2) is 4.94. The van der Waals surface area contributed by atoms with Crippen molar-refractivity contribution < 1.29 is 9.90 Å². The van der Waals surface area contributed by atoms with Crippen molar-refractivity contribution in [3.63, 3.8) is 0 Å². The van der Waals surface area contributed by atoms with Gasteiger partial charge in [-0.3, -0.25) is 9.36 Å². The van der Waals surface area contributed by atoms with E-state index in [1.54, 1.807) is 4.57 Å². The molecule has 5 nitrogen and oxygen atoms in total. The van der Waals surface area contributed by atoms with Gasteiger partial charge in [0, 0.05) is 12.2 Å². The van der Waals surface area contributed by atoms with Crippen molar-refractivity contribution in [2.24, 2.45) is 0 Å². The maximum Gasteiger partial charge on any atom is 0.296 e. The number of aromatic nitrogens is 3. The van der Waals surface area contributed by atoms with Gasteiger partial charge in [-0.15, -0.1) is 0 Å². The van der Waals surface area contributed by atoms with Crippen molar-refractivity contribution in [2.75, 3.05) is 0 Å². The predicted molar refractivity (Wildman–Crippen MR) is 69.2 cm³/mol. The lowest BCUT2D eigenvalue weighted by Gasteiger charge is -2.16. The number of imidazole rings is 1. The van der Waals surface area contributed by atoms with Crippen LogP contribution in [0.4, 0.5) is 0 Å². The molecule has 0 unspecified atom stereocenters. The van der Waals surface area contributed by atoms with Crippen LogP contribution < -0.4 is 0 Å². The molecule has 0 atom stereocenters. The summed E-state index contributed by atoms with van der Waals surface area (Å²) in [7, 11) is 0. The van der Waals surface area contributed by atoms with E-state index in [1.165, 1.54) is 6.20 Å². The number of aromatic hydroxyl groups is 1. The van der Waals surface area contributed by atoms with Crippen LogP contribution in [0.2, 0.25) is 5.02 Å². The molecule has 2 aromatic heterocycles. The molecule has 0 aromatic carbocycles. The monoisotopic (exact) mass is 267 g/mol. The zero-order valence-corrected chi connectivity index (χ0v) is 11.0. The zero-order chi connectivity index (χ0) is 13.3. The van der Waals surface area contributed by atoms with E-state index in [4.69, 9.17) is 11.6 Å². The molecule has 0 amide bonds. The molecule has 2 aromatic rings. The maximum atomic E-state index is 11.2. The SMILES string of the molecule is CCC(CC)n1c(O)nc2ncc(Cl)c(C=O)c21. The van der Waals surface area contributed by atoms with E-state index in [0.717, 1.165) is 12.8 Å². The lowest BCUT2D eigenvalue weighted by Crippen LogP contribution is -2.07. The zero-order valence-electron chi connectivity index (χ0n) is 10.2. The summed E-state index contributed by atoms with van der Waals surface area (Å²) in [5.74, 6) is 0. The van der Waals surface area contributed by atoms with Crippen LogP contribution in [0.1, 0.15) is 43.1 Å². The maximum absolute atomic E-state index is 11.2. The van der Waals surface area contributed by atoms with Crippen LogP contribution >= 0.6 is 11.6 Å². The number of fused-ring (bicyclic) bond motifs is 1. The fourth-order valence-corrected chi connectivity index (χ4v) is 2.34. The molecular weight excluding hydrogens is 254 g/mol. The molecule has 0 aliphatic heterocycles. The molecule has 0 bridgehead atoms. The quantitative estimate of drug-likeness (QED) is 0.865. The van der Waals surface area contributed by atoms with E-state index in [-0.39, 0.29) is 17.1 Å². The molecule has 2 rings (SSSR count). The highest BCUT2D eigenvalue weighted by Crippen LogP contribution is 2.31. The Bertz CT molecular complexity index is 591. The van der Waals surface area contributed by atoms with E-state index >= 15 is 0 Å². The van der Waals surface area contributed by atoms with E-state index < -0.39 is 0 Å². The Morgan fingerprint density at radius 1 is 1.50 bits per heavy atom. The summed E-state index contributed by atoms with van der Waals surface area (Å²) < 4.78 is 1.64. The highest BCUT2D eigenvalue weighted by Gasteiger charge is 2.21. The summed E-state index contributed by atoms with van der Waals surface area (Å²) in [5.41, 5.74) is 1.16. The molecule has 96 valence electrons. The van der Waals surface area contributed by atoms with Gasteiger partial charge >= 0.3 is 0 Å². The van der Waals surface area contributed by atoms with Crippen molar-refractivity contribution in [3.05, 3.63) is 16.8 Å². The first-order valence-corrected chi connectivity index (χ1v) is 6.22. The third-order valence-electron chi connectivity index (χ3n) is 3.11. The number of aldehydes is 1. The molecule has 1 N–H and O–H groups in total. The number of pyridine rings is 1. The largest absolute Gasteiger partial charge is 0.480 e. The highest BCUT2D eigenvalue weighted by molar-refractivity contribution is 6.34. The summed E-state index contributed by atoms with van der Waals surface area (Å²) >= 11 is 5.96. The van der Waals surface area contributed by atoms with Gasteiger partial charge in [0.05, 0.1) is 10.6 Å². The Morgan fingerprint density at radius 3 is 2.72 bits per heavy atom. The van der Waals surface area contributed by atoms with Gasteiger partial charge in [-0.2, -0.15) is 4.98 Å². The Kier molecular flexibility index (Phi) is 3.52. The van der Waals surface area contributed by atoms with Crippen molar-refractivity contribution in [3.8, 4) is 6.01 Å². The van der Waals surface area contributed by atoms with Crippen molar-refractivity contribution in [1.82, 2.24) is 14.5 Å². The summed E-state index contributed by atoms with van der Waals surface area (Å²) in [6, 6.07) is -0.0643. The van der Waals surface area contributed by atoms with Crippen LogP contribution in [0.25, 0.3) is 11.2 Å². The highest BCUT2D eigenvalue weighted by atomic mass is 35.5. The fourth-order valence-electron chi connectivity index (χ4n) is 2.16. The number of carbonyl (C=O) groups excluding carboxylic acids is 1. The standard InChI is InChI=1S/C12H14ClN3O2/c1-3-7(4-2)16-10-8(6-17)9(13)5-14-11(10)15-12(16)18/h5-7H,3-4H2,1-2H3,(H,14,15,18). The molecule has 0 saturated carbocycles. The van der Waals surface area contributed by atoms with Gasteiger partial charge in [0.2, 0.25) is 0 Å². The Hall–Kier alpha value is -1.62. The van der Waals surface area contributed by atoms with Gasteiger partial charge in [0.1, 0.15) is 5.52 Å². The average Bonchev–Trinajstić information content (AvgIpc) is 2.69. The molecule has 6 heteroatoms. The van der Waals surface area contributed by atoms with E-state index in [9.17, 15) is 9.90 Å². The van der Waals surface area contributed by atoms with Gasteiger partial charge in [0.15, 0.2) is 11.9 Å². The van der Waals surface area contributed by atoms with E-state index in [1.807, 2.05) is 13.8 Å². The van der Waals surface area contributed by atoms with Gasteiger partial charge in [0.25, 0.3) is 6.01 Å². The number of rotatable bonds is 4. The third-order valence-corrected chi connectivity index (χ3v) is 3.41. The number of halogens is 1. The molecule has 0 fully saturated rings. The van der Waals surface area contributed by atoms with Gasteiger partial charge in [-0.1, -0.05) is 25.4 Å². The van der Waals surface area contributed by atoms with Crippen LogP contribution in [-0.4, -0.2) is 25.9 Å². The molecule has 0 spiro atoms. The lowest BCUT2D eigenvalue weighted by atomic mass is 10.1. The second-order valence-corrected chi connectivity index (χ2v) is 4.47. The summed E-state index contributed by atoms with van der Waals surface area (Å²) in [6.45, 7) is 4.02. The molecule has 0 aliphatic carbocycles. The number of carbonyl (C=O) groups is 1. The summed E-state index contributed by atoms with van der Waals surface area (Å²) in [5, 5.41) is 10.2. The van der Waals surface area contributed by atoms with Crippen molar-refractivity contribution >= 4 is 29.1 Å². The Labute approximate surface area is 109 Å². The smallest absolute Gasteiger partial charge is 0.296 e. The summed E-state index contributed by atoms with van der Waals surface area (Å²) in [4.78, 5) is 19.2. The first-order valence-electron chi connectivity index (χ1n) is 5.84. The van der Waals surface area contributed by atoms with Crippen LogP contribution in [-0.2, 0) is 0 Å². The third kappa shape index (κ3) is 1.84. The normalized spacial score (nSPS) is 11.3. The molecule has 2 heterocycles. The van der Waals surface area contributed by atoms with E-state index in [2.05, 4.69) is 9.97 Å². The van der Waals surface area contributed by atoms with Crippen LogP contribution in [0.3, 0.4) is 0 Å². The predicted octanol–water partition coefficient (Wildman–Crippen LogP) is 2.96. The minimum absolute atomic E-state index is 0.0639. The van der Waals surface area contributed by atoms with Crippen molar-refractivity contribution in [1.29, 1.82) is 0 Å². The molecule has 0 aliphatic rings.